The molecule has 0 aromatic heterocycles. The zero-order chi connectivity index (χ0) is 9.68. The summed E-state index contributed by atoms with van der Waals surface area (Å²) in [5.74, 6) is 0.0357. The second kappa shape index (κ2) is 4.50. The smallest absolute Gasteiger partial charge is 0.185 e. The van der Waals surface area contributed by atoms with Crippen molar-refractivity contribution in [2.45, 2.75) is 13.3 Å². The van der Waals surface area contributed by atoms with Crippen LogP contribution < -0.4 is 11.1 Å². The molecule has 3 nitrogen and oxygen atoms in total. The maximum absolute atomic E-state index is 6.98. The third-order valence-electron chi connectivity index (χ3n) is 1.97. The van der Waals surface area contributed by atoms with E-state index in [0.717, 1.165) is 13.0 Å². The third-order valence-corrected chi connectivity index (χ3v) is 1.97. The molecule has 0 radical (unpaired) electrons. The summed E-state index contributed by atoms with van der Waals surface area (Å²) in [6.45, 7) is 2.81. The molecule has 1 rings (SSSR count). The number of nitrogens with two attached hydrogens (primary N) is 1. The van der Waals surface area contributed by atoms with Crippen LogP contribution in [0.25, 0.3) is 0 Å². The lowest BCUT2D eigenvalue weighted by Gasteiger charge is -2.06. The summed E-state index contributed by atoms with van der Waals surface area (Å²) in [7, 11) is 0. The first-order chi connectivity index (χ1) is 6.20. The van der Waals surface area contributed by atoms with Crippen LogP contribution in [0.1, 0.15) is 11.1 Å². The van der Waals surface area contributed by atoms with Gasteiger partial charge in [-0.1, -0.05) is 24.3 Å². The van der Waals surface area contributed by atoms with Gasteiger partial charge in [-0.25, -0.2) is 0 Å². The van der Waals surface area contributed by atoms with Crippen molar-refractivity contribution < 1.29 is 0 Å². The molecule has 0 aliphatic carbocycles. The Morgan fingerprint density at radius 1 is 1.46 bits per heavy atom. The van der Waals surface area contributed by atoms with Gasteiger partial charge in [-0.15, -0.1) is 0 Å². The minimum atomic E-state index is 0.0357. The molecule has 0 spiro atoms. The van der Waals surface area contributed by atoms with Crippen LogP contribution in [0.5, 0.6) is 0 Å². The normalized spacial score (nSPS) is 9.62. The number of guanidine groups is 1. The lowest BCUT2D eigenvalue weighted by molar-refractivity contribution is 0.849. The molecule has 0 heterocycles. The highest BCUT2D eigenvalue weighted by atomic mass is 15.0. The van der Waals surface area contributed by atoms with E-state index in [1.807, 2.05) is 12.1 Å². The van der Waals surface area contributed by atoms with Gasteiger partial charge in [-0.3, -0.25) is 5.41 Å². The molecular weight excluding hydrogens is 162 g/mol. The summed E-state index contributed by atoms with van der Waals surface area (Å²) in [6, 6.07) is 8.23. The zero-order valence-corrected chi connectivity index (χ0v) is 7.80. The van der Waals surface area contributed by atoms with Crippen LogP contribution in [0, 0.1) is 12.3 Å². The molecule has 3 heteroatoms. The van der Waals surface area contributed by atoms with Crippen LogP contribution in [-0.4, -0.2) is 12.5 Å². The van der Waals surface area contributed by atoms with Crippen LogP contribution in [0.2, 0.25) is 0 Å². The molecule has 13 heavy (non-hydrogen) atoms. The van der Waals surface area contributed by atoms with Gasteiger partial charge in [0.15, 0.2) is 5.96 Å². The molecule has 0 unspecified atom stereocenters. The minimum absolute atomic E-state index is 0.0357. The first-order valence-corrected chi connectivity index (χ1v) is 4.32. The monoisotopic (exact) mass is 177 g/mol. The van der Waals surface area contributed by atoms with Gasteiger partial charge in [0.25, 0.3) is 0 Å². The van der Waals surface area contributed by atoms with Crippen molar-refractivity contribution in [3.8, 4) is 0 Å². The Balaban J connectivity index is 2.45. The Kier molecular flexibility index (Phi) is 3.31. The highest BCUT2D eigenvalue weighted by molar-refractivity contribution is 5.74. The standard InChI is InChI=1S/C10H15N3/c1-8-4-2-3-5-9(8)6-7-13-10(11)12/h2-5H,6-7H2,1H3,(H4,11,12,13). The quantitative estimate of drug-likeness (QED) is 0.477. The van der Waals surface area contributed by atoms with Gasteiger partial charge in [-0.2, -0.15) is 0 Å². The van der Waals surface area contributed by atoms with E-state index in [1.54, 1.807) is 0 Å². The average molecular weight is 177 g/mol. The molecule has 0 bridgehead atoms. The molecule has 1 aromatic rings. The highest BCUT2D eigenvalue weighted by Gasteiger charge is 1.95. The second-order valence-corrected chi connectivity index (χ2v) is 3.02. The Morgan fingerprint density at radius 2 is 2.15 bits per heavy atom. The van der Waals surface area contributed by atoms with E-state index >= 15 is 0 Å². The fourth-order valence-corrected chi connectivity index (χ4v) is 1.22. The van der Waals surface area contributed by atoms with Crippen LogP contribution >= 0.6 is 0 Å². The van der Waals surface area contributed by atoms with Crippen LogP contribution in [-0.2, 0) is 6.42 Å². The van der Waals surface area contributed by atoms with E-state index < -0.39 is 0 Å². The van der Waals surface area contributed by atoms with E-state index in [0.29, 0.717) is 0 Å². The molecule has 1 aromatic carbocycles. The number of aryl methyl sites for hydroxylation is 1. The van der Waals surface area contributed by atoms with Gasteiger partial charge in [0.2, 0.25) is 0 Å². The van der Waals surface area contributed by atoms with E-state index in [9.17, 15) is 0 Å². The van der Waals surface area contributed by atoms with Gasteiger partial charge in [0, 0.05) is 6.54 Å². The average Bonchev–Trinajstić information content (AvgIpc) is 2.08. The number of nitrogens with one attached hydrogen (secondary N) is 2. The Bertz CT molecular complexity index is 294. The maximum atomic E-state index is 6.98. The summed E-state index contributed by atoms with van der Waals surface area (Å²) in [4.78, 5) is 0. The van der Waals surface area contributed by atoms with Gasteiger partial charge in [-0.05, 0) is 24.5 Å². The number of benzene rings is 1. The van der Waals surface area contributed by atoms with Crippen molar-refractivity contribution in [2.24, 2.45) is 5.73 Å². The van der Waals surface area contributed by atoms with E-state index in [1.165, 1.54) is 11.1 Å². The lowest BCUT2D eigenvalue weighted by Crippen LogP contribution is -2.31. The fraction of sp³-hybridized carbons (Fsp3) is 0.300. The van der Waals surface area contributed by atoms with Crippen LogP contribution in [0.4, 0.5) is 0 Å². The van der Waals surface area contributed by atoms with Crippen molar-refractivity contribution in [3.05, 3.63) is 35.4 Å². The van der Waals surface area contributed by atoms with Crippen LogP contribution in [0.3, 0.4) is 0 Å². The van der Waals surface area contributed by atoms with Gasteiger partial charge in [0.05, 0.1) is 0 Å². The predicted octanol–water partition coefficient (Wildman–Crippen LogP) is 1.02. The zero-order valence-electron chi connectivity index (χ0n) is 7.80. The topological polar surface area (TPSA) is 61.9 Å². The largest absolute Gasteiger partial charge is 0.370 e. The lowest BCUT2D eigenvalue weighted by atomic mass is 10.1. The molecule has 0 saturated heterocycles. The fourth-order valence-electron chi connectivity index (χ4n) is 1.22. The SMILES string of the molecule is Cc1ccccc1CCNC(=N)N. The second-order valence-electron chi connectivity index (χ2n) is 3.02. The van der Waals surface area contributed by atoms with E-state index in [2.05, 4.69) is 24.4 Å². The summed E-state index contributed by atoms with van der Waals surface area (Å²) >= 11 is 0. The number of rotatable bonds is 3. The summed E-state index contributed by atoms with van der Waals surface area (Å²) in [5.41, 5.74) is 7.75. The third kappa shape index (κ3) is 3.15. The Labute approximate surface area is 78.5 Å². The molecule has 0 aliphatic rings. The summed E-state index contributed by atoms with van der Waals surface area (Å²) in [6.07, 6.45) is 0.909. The molecule has 0 saturated carbocycles. The van der Waals surface area contributed by atoms with E-state index in [4.69, 9.17) is 11.1 Å². The van der Waals surface area contributed by atoms with Crippen molar-refractivity contribution in [3.63, 3.8) is 0 Å². The molecule has 0 aliphatic heterocycles. The Hall–Kier alpha value is -1.51. The first-order valence-electron chi connectivity index (χ1n) is 4.32. The first kappa shape index (κ1) is 9.58. The van der Waals surface area contributed by atoms with Gasteiger partial charge >= 0.3 is 0 Å². The Morgan fingerprint density at radius 3 is 2.77 bits per heavy atom. The predicted molar refractivity (Wildman–Crippen MR) is 54.8 cm³/mol. The molecule has 0 amide bonds. The molecule has 0 atom stereocenters. The van der Waals surface area contributed by atoms with Crippen LogP contribution in [0.15, 0.2) is 24.3 Å². The number of hydrogen-bond acceptors (Lipinski definition) is 1. The molecule has 4 N–H and O–H groups in total. The molecule has 70 valence electrons. The van der Waals surface area contributed by atoms with Crippen molar-refractivity contribution >= 4 is 5.96 Å². The van der Waals surface area contributed by atoms with Crippen molar-refractivity contribution in [1.29, 1.82) is 5.41 Å². The molecular formula is C10H15N3. The van der Waals surface area contributed by atoms with Gasteiger partial charge in [0.1, 0.15) is 0 Å². The van der Waals surface area contributed by atoms with Crippen molar-refractivity contribution in [2.75, 3.05) is 6.54 Å². The number of hydrogen-bond donors (Lipinski definition) is 3. The maximum Gasteiger partial charge on any atom is 0.185 e. The summed E-state index contributed by atoms with van der Waals surface area (Å²) in [5, 5.41) is 9.76. The minimum Gasteiger partial charge on any atom is -0.370 e. The van der Waals surface area contributed by atoms with E-state index in [-0.39, 0.29) is 5.96 Å². The van der Waals surface area contributed by atoms with Crippen molar-refractivity contribution in [1.82, 2.24) is 5.32 Å². The van der Waals surface area contributed by atoms with Gasteiger partial charge < -0.3 is 11.1 Å². The summed E-state index contributed by atoms with van der Waals surface area (Å²) < 4.78 is 0. The molecule has 0 fully saturated rings. The highest BCUT2D eigenvalue weighted by Crippen LogP contribution is 2.06.